The van der Waals surface area contributed by atoms with Gasteiger partial charge in [-0.3, -0.25) is 4.79 Å². The number of aryl methyl sites for hydroxylation is 1. The van der Waals surface area contributed by atoms with Gasteiger partial charge in [-0.2, -0.15) is 0 Å². The SMILES string of the molecule is Cc1ccc(C(=O)N(C)C)cc1NCC1CC2C=CC1C2. The fourth-order valence-electron chi connectivity index (χ4n) is 3.57. The molecule has 1 aromatic carbocycles. The van der Waals surface area contributed by atoms with Crippen molar-refractivity contribution < 1.29 is 4.79 Å². The Morgan fingerprint density at radius 3 is 2.71 bits per heavy atom. The Labute approximate surface area is 127 Å². The smallest absolute Gasteiger partial charge is 0.253 e. The van der Waals surface area contributed by atoms with E-state index in [1.54, 1.807) is 19.0 Å². The van der Waals surface area contributed by atoms with E-state index < -0.39 is 0 Å². The number of nitrogens with zero attached hydrogens (tertiary/aromatic N) is 1. The maximum absolute atomic E-state index is 12.1. The Hall–Kier alpha value is -1.77. The maximum Gasteiger partial charge on any atom is 0.253 e. The Morgan fingerprint density at radius 2 is 2.10 bits per heavy atom. The zero-order chi connectivity index (χ0) is 15.0. The first-order valence-corrected chi connectivity index (χ1v) is 7.79. The monoisotopic (exact) mass is 284 g/mol. The Kier molecular flexibility index (Phi) is 3.75. The fourth-order valence-corrected chi connectivity index (χ4v) is 3.57. The van der Waals surface area contributed by atoms with Gasteiger partial charge in [-0.05, 0) is 55.2 Å². The topological polar surface area (TPSA) is 32.3 Å². The fraction of sp³-hybridized carbons (Fsp3) is 0.500. The van der Waals surface area contributed by atoms with Gasteiger partial charge in [0.25, 0.3) is 5.91 Å². The first kappa shape index (κ1) is 14.2. The van der Waals surface area contributed by atoms with Crippen LogP contribution in [-0.4, -0.2) is 31.4 Å². The van der Waals surface area contributed by atoms with E-state index in [-0.39, 0.29) is 5.91 Å². The molecule has 3 rings (SSSR count). The van der Waals surface area contributed by atoms with Gasteiger partial charge in [0, 0.05) is 31.9 Å². The normalized spacial score (nSPS) is 26.1. The minimum absolute atomic E-state index is 0.0564. The standard InChI is InChI=1S/C18H24N2O/c1-12-4-6-15(18(21)20(2)3)10-17(12)19-11-16-9-13-5-7-14(16)8-13/h4-7,10,13-14,16,19H,8-9,11H2,1-3H3. The van der Waals surface area contributed by atoms with Crippen LogP contribution in [0.2, 0.25) is 0 Å². The van der Waals surface area contributed by atoms with E-state index in [0.29, 0.717) is 0 Å². The number of carbonyl (C=O) groups excluding carboxylic acids is 1. The van der Waals surface area contributed by atoms with Gasteiger partial charge in [0.15, 0.2) is 0 Å². The van der Waals surface area contributed by atoms with Crippen LogP contribution < -0.4 is 5.32 Å². The van der Waals surface area contributed by atoms with Crippen molar-refractivity contribution >= 4 is 11.6 Å². The minimum atomic E-state index is 0.0564. The molecule has 0 radical (unpaired) electrons. The molecule has 1 fully saturated rings. The summed E-state index contributed by atoms with van der Waals surface area (Å²) in [6.07, 6.45) is 7.41. The number of carbonyl (C=O) groups is 1. The van der Waals surface area contributed by atoms with E-state index in [1.807, 2.05) is 18.2 Å². The lowest BCUT2D eigenvalue weighted by Crippen LogP contribution is -2.22. The zero-order valence-corrected chi connectivity index (χ0v) is 13.1. The number of rotatable bonds is 4. The molecule has 0 heterocycles. The average molecular weight is 284 g/mol. The van der Waals surface area contributed by atoms with Crippen LogP contribution in [0.3, 0.4) is 0 Å². The lowest BCUT2D eigenvalue weighted by molar-refractivity contribution is 0.0827. The van der Waals surface area contributed by atoms with Gasteiger partial charge >= 0.3 is 0 Å². The van der Waals surface area contributed by atoms with Crippen molar-refractivity contribution in [1.29, 1.82) is 0 Å². The van der Waals surface area contributed by atoms with E-state index in [9.17, 15) is 4.79 Å². The molecule has 2 aliphatic rings. The van der Waals surface area contributed by atoms with Crippen LogP contribution >= 0.6 is 0 Å². The highest BCUT2D eigenvalue weighted by Crippen LogP contribution is 2.43. The first-order valence-electron chi connectivity index (χ1n) is 7.79. The van der Waals surface area contributed by atoms with Gasteiger partial charge in [-0.25, -0.2) is 0 Å². The van der Waals surface area contributed by atoms with E-state index in [1.165, 1.54) is 18.4 Å². The highest BCUT2D eigenvalue weighted by Gasteiger charge is 2.35. The van der Waals surface area contributed by atoms with Crippen LogP contribution in [0.25, 0.3) is 0 Å². The molecule has 3 heteroatoms. The summed E-state index contributed by atoms with van der Waals surface area (Å²) in [6.45, 7) is 3.10. The van der Waals surface area contributed by atoms with E-state index in [4.69, 9.17) is 0 Å². The van der Waals surface area contributed by atoms with Gasteiger partial charge in [0.1, 0.15) is 0 Å². The van der Waals surface area contributed by atoms with E-state index in [0.717, 1.165) is 35.5 Å². The maximum atomic E-state index is 12.1. The molecule has 21 heavy (non-hydrogen) atoms. The molecule has 0 spiro atoms. The summed E-state index contributed by atoms with van der Waals surface area (Å²) in [6, 6.07) is 5.92. The average Bonchev–Trinajstić information content (AvgIpc) is 3.08. The van der Waals surface area contributed by atoms with Gasteiger partial charge in [0.2, 0.25) is 0 Å². The van der Waals surface area contributed by atoms with Gasteiger partial charge in [-0.15, -0.1) is 0 Å². The molecule has 3 unspecified atom stereocenters. The second kappa shape index (κ2) is 5.55. The summed E-state index contributed by atoms with van der Waals surface area (Å²) in [7, 11) is 3.58. The molecule has 2 aliphatic carbocycles. The predicted octanol–water partition coefficient (Wildman–Crippen LogP) is 3.32. The summed E-state index contributed by atoms with van der Waals surface area (Å²) in [4.78, 5) is 13.7. The summed E-state index contributed by atoms with van der Waals surface area (Å²) in [5.41, 5.74) is 3.04. The second-order valence-corrected chi connectivity index (χ2v) is 6.65. The Balaban J connectivity index is 1.68. The van der Waals surface area contributed by atoms with Crippen LogP contribution in [0.15, 0.2) is 30.4 Å². The molecule has 1 aromatic rings. The van der Waals surface area contributed by atoms with Crippen molar-refractivity contribution in [2.45, 2.75) is 19.8 Å². The molecule has 0 saturated heterocycles. The Bertz CT molecular complexity index is 577. The van der Waals surface area contributed by atoms with Gasteiger partial charge in [0.05, 0.1) is 0 Å². The van der Waals surface area contributed by atoms with Crippen molar-refractivity contribution in [1.82, 2.24) is 4.90 Å². The highest BCUT2D eigenvalue weighted by atomic mass is 16.2. The molecular weight excluding hydrogens is 260 g/mol. The van der Waals surface area contributed by atoms with Gasteiger partial charge < -0.3 is 10.2 Å². The van der Waals surface area contributed by atoms with Crippen molar-refractivity contribution in [2.24, 2.45) is 17.8 Å². The van der Waals surface area contributed by atoms with Crippen LogP contribution in [0.5, 0.6) is 0 Å². The third-order valence-corrected chi connectivity index (χ3v) is 4.86. The first-order chi connectivity index (χ1) is 10.0. The third-order valence-electron chi connectivity index (χ3n) is 4.86. The highest BCUT2D eigenvalue weighted by molar-refractivity contribution is 5.95. The molecule has 0 aromatic heterocycles. The van der Waals surface area contributed by atoms with E-state index in [2.05, 4.69) is 24.4 Å². The third kappa shape index (κ3) is 2.82. The van der Waals surface area contributed by atoms with Crippen LogP contribution in [0.4, 0.5) is 5.69 Å². The molecule has 1 N–H and O–H groups in total. The summed E-state index contributed by atoms with van der Waals surface area (Å²) in [5.74, 6) is 2.37. The number of fused-ring (bicyclic) bond motifs is 2. The number of hydrogen-bond acceptors (Lipinski definition) is 2. The van der Waals surface area contributed by atoms with Crippen LogP contribution in [0, 0.1) is 24.7 Å². The van der Waals surface area contributed by atoms with Crippen LogP contribution in [0.1, 0.15) is 28.8 Å². The number of amides is 1. The molecule has 3 atom stereocenters. The number of anilines is 1. The Morgan fingerprint density at radius 1 is 1.29 bits per heavy atom. The minimum Gasteiger partial charge on any atom is -0.385 e. The zero-order valence-electron chi connectivity index (χ0n) is 13.1. The summed E-state index contributed by atoms with van der Waals surface area (Å²) >= 11 is 0. The molecule has 3 nitrogen and oxygen atoms in total. The van der Waals surface area contributed by atoms with Crippen molar-refractivity contribution in [3.63, 3.8) is 0 Å². The second-order valence-electron chi connectivity index (χ2n) is 6.65. The number of hydrogen-bond donors (Lipinski definition) is 1. The summed E-state index contributed by atoms with van der Waals surface area (Å²) < 4.78 is 0. The number of allylic oxidation sites excluding steroid dienone is 2. The van der Waals surface area contributed by atoms with Crippen molar-refractivity contribution in [3.8, 4) is 0 Å². The summed E-state index contributed by atoms with van der Waals surface area (Å²) in [5, 5.41) is 3.57. The van der Waals surface area contributed by atoms with E-state index >= 15 is 0 Å². The molecule has 2 bridgehead atoms. The number of benzene rings is 1. The molecule has 1 saturated carbocycles. The number of nitrogens with one attached hydrogen (secondary N) is 1. The predicted molar refractivity (Wildman–Crippen MR) is 86.5 cm³/mol. The van der Waals surface area contributed by atoms with Crippen molar-refractivity contribution in [3.05, 3.63) is 41.5 Å². The van der Waals surface area contributed by atoms with Crippen LogP contribution in [-0.2, 0) is 0 Å². The lowest BCUT2D eigenvalue weighted by atomic mass is 9.93. The molecular formula is C18H24N2O. The van der Waals surface area contributed by atoms with Gasteiger partial charge in [-0.1, -0.05) is 18.2 Å². The molecule has 112 valence electrons. The quantitative estimate of drug-likeness (QED) is 0.860. The molecule has 1 amide bonds. The van der Waals surface area contributed by atoms with Crippen molar-refractivity contribution in [2.75, 3.05) is 26.0 Å². The lowest BCUT2D eigenvalue weighted by Gasteiger charge is -2.20. The largest absolute Gasteiger partial charge is 0.385 e. The molecule has 0 aliphatic heterocycles.